The standard InChI is InChI=1S/C13H17N3O4/c1-9-11(5-2-6-12(9)16(19)20)14-13(18)15-7-3-4-10(15)8-17/h2,5-6,10,17H,3-4,7-8H2,1H3,(H,14,18)/t10-/m0/s1. The molecular formula is C13H17N3O4. The van der Waals surface area contributed by atoms with Crippen molar-refractivity contribution >= 4 is 17.4 Å². The fraction of sp³-hybridized carbons (Fsp3) is 0.462. The molecule has 1 atom stereocenters. The molecule has 1 aliphatic heterocycles. The molecule has 0 radical (unpaired) electrons. The van der Waals surface area contributed by atoms with Crippen molar-refractivity contribution < 1.29 is 14.8 Å². The number of nitrogens with zero attached hydrogens (tertiary/aromatic N) is 2. The number of nitrogens with one attached hydrogen (secondary N) is 1. The highest BCUT2D eigenvalue weighted by molar-refractivity contribution is 5.91. The monoisotopic (exact) mass is 279 g/mol. The number of hydrogen-bond acceptors (Lipinski definition) is 4. The summed E-state index contributed by atoms with van der Waals surface area (Å²) >= 11 is 0. The van der Waals surface area contributed by atoms with Gasteiger partial charge in [-0.1, -0.05) is 6.07 Å². The minimum Gasteiger partial charge on any atom is -0.394 e. The van der Waals surface area contributed by atoms with Gasteiger partial charge < -0.3 is 15.3 Å². The number of urea groups is 1. The predicted octanol–water partition coefficient (Wildman–Crippen LogP) is 1.89. The van der Waals surface area contributed by atoms with Crippen LogP contribution in [0.5, 0.6) is 0 Å². The summed E-state index contributed by atoms with van der Waals surface area (Å²) in [5.74, 6) is 0. The lowest BCUT2D eigenvalue weighted by atomic mass is 10.1. The zero-order chi connectivity index (χ0) is 14.7. The summed E-state index contributed by atoms with van der Waals surface area (Å²) in [6.45, 7) is 2.12. The number of hydrogen-bond donors (Lipinski definition) is 2. The largest absolute Gasteiger partial charge is 0.394 e. The number of rotatable bonds is 3. The van der Waals surface area contributed by atoms with Crippen LogP contribution in [0.4, 0.5) is 16.2 Å². The smallest absolute Gasteiger partial charge is 0.322 e. The molecule has 0 aromatic heterocycles. The minimum absolute atomic E-state index is 0.0251. The van der Waals surface area contributed by atoms with E-state index < -0.39 is 4.92 Å². The molecule has 1 aromatic rings. The van der Waals surface area contributed by atoms with Gasteiger partial charge in [-0.3, -0.25) is 10.1 Å². The van der Waals surface area contributed by atoms with Crippen molar-refractivity contribution in [2.75, 3.05) is 18.5 Å². The Morgan fingerprint density at radius 2 is 2.35 bits per heavy atom. The van der Waals surface area contributed by atoms with Crippen molar-refractivity contribution in [3.8, 4) is 0 Å². The van der Waals surface area contributed by atoms with Crippen LogP contribution >= 0.6 is 0 Å². The van der Waals surface area contributed by atoms with Crippen molar-refractivity contribution in [3.05, 3.63) is 33.9 Å². The van der Waals surface area contributed by atoms with Gasteiger partial charge in [-0.2, -0.15) is 0 Å². The zero-order valence-electron chi connectivity index (χ0n) is 11.2. The van der Waals surface area contributed by atoms with E-state index in [9.17, 15) is 20.0 Å². The van der Waals surface area contributed by atoms with Crippen molar-refractivity contribution in [2.24, 2.45) is 0 Å². The van der Waals surface area contributed by atoms with E-state index in [0.29, 0.717) is 17.8 Å². The molecule has 2 amide bonds. The van der Waals surface area contributed by atoms with E-state index in [0.717, 1.165) is 12.8 Å². The average Bonchev–Trinajstić information content (AvgIpc) is 2.89. The molecule has 2 rings (SSSR count). The Bertz CT molecular complexity index is 532. The number of benzene rings is 1. The van der Waals surface area contributed by atoms with E-state index >= 15 is 0 Å². The number of anilines is 1. The summed E-state index contributed by atoms with van der Waals surface area (Å²) in [5.41, 5.74) is 0.821. The number of nitro benzene ring substituents is 1. The molecule has 1 fully saturated rings. The molecule has 0 saturated carbocycles. The van der Waals surface area contributed by atoms with Crippen molar-refractivity contribution in [1.29, 1.82) is 0 Å². The Hall–Kier alpha value is -2.15. The van der Waals surface area contributed by atoms with Gasteiger partial charge in [0.2, 0.25) is 0 Å². The van der Waals surface area contributed by atoms with Crippen LogP contribution in [0.3, 0.4) is 0 Å². The highest BCUT2D eigenvalue weighted by atomic mass is 16.6. The molecular weight excluding hydrogens is 262 g/mol. The molecule has 1 heterocycles. The molecule has 0 spiro atoms. The van der Waals surface area contributed by atoms with Crippen molar-refractivity contribution in [3.63, 3.8) is 0 Å². The van der Waals surface area contributed by atoms with Crippen LogP contribution in [-0.2, 0) is 0 Å². The van der Waals surface area contributed by atoms with E-state index in [2.05, 4.69) is 5.32 Å². The quantitative estimate of drug-likeness (QED) is 0.652. The third-order valence-electron chi connectivity index (χ3n) is 3.59. The van der Waals surface area contributed by atoms with Crippen LogP contribution in [0.2, 0.25) is 0 Å². The van der Waals surface area contributed by atoms with Gasteiger partial charge in [0.1, 0.15) is 0 Å². The maximum atomic E-state index is 12.2. The lowest BCUT2D eigenvalue weighted by molar-refractivity contribution is -0.385. The lowest BCUT2D eigenvalue weighted by Crippen LogP contribution is -2.40. The maximum Gasteiger partial charge on any atom is 0.322 e. The second-order valence-corrected chi connectivity index (χ2v) is 4.81. The van der Waals surface area contributed by atoms with Gasteiger partial charge in [-0.05, 0) is 25.8 Å². The summed E-state index contributed by atoms with van der Waals surface area (Å²) < 4.78 is 0. The SMILES string of the molecule is Cc1c(NC(=O)N2CCC[C@H]2CO)cccc1[N+](=O)[O-]. The molecule has 20 heavy (non-hydrogen) atoms. The topological polar surface area (TPSA) is 95.7 Å². The van der Waals surface area contributed by atoms with Gasteiger partial charge >= 0.3 is 6.03 Å². The first-order chi connectivity index (χ1) is 9.54. The maximum absolute atomic E-state index is 12.2. The minimum atomic E-state index is -0.475. The molecule has 1 saturated heterocycles. The third-order valence-corrected chi connectivity index (χ3v) is 3.59. The van der Waals surface area contributed by atoms with Crippen LogP contribution < -0.4 is 5.32 Å². The number of carbonyl (C=O) groups is 1. The van der Waals surface area contributed by atoms with E-state index in [1.807, 2.05) is 0 Å². The van der Waals surface area contributed by atoms with Crippen LogP contribution in [0.1, 0.15) is 18.4 Å². The third kappa shape index (κ3) is 2.72. The van der Waals surface area contributed by atoms with Crippen LogP contribution in [0.15, 0.2) is 18.2 Å². The van der Waals surface area contributed by atoms with E-state index in [1.54, 1.807) is 17.9 Å². The van der Waals surface area contributed by atoms with Gasteiger partial charge in [0, 0.05) is 12.6 Å². The summed E-state index contributed by atoms with van der Waals surface area (Å²) in [6, 6.07) is 4.06. The Morgan fingerprint density at radius 3 is 3.00 bits per heavy atom. The van der Waals surface area contributed by atoms with E-state index in [-0.39, 0.29) is 24.4 Å². The Kier molecular flexibility index (Phi) is 4.19. The molecule has 7 nitrogen and oxygen atoms in total. The predicted molar refractivity (Wildman–Crippen MR) is 73.7 cm³/mol. The lowest BCUT2D eigenvalue weighted by Gasteiger charge is -2.23. The van der Waals surface area contributed by atoms with Gasteiger partial charge in [-0.25, -0.2) is 4.79 Å². The molecule has 7 heteroatoms. The van der Waals surface area contributed by atoms with Crippen molar-refractivity contribution in [2.45, 2.75) is 25.8 Å². The first kappa shape index (κ1) is 14.3. The molecule has 1 aliphatic rings. The summed E-state index contributed by atoms with van der Waals surface area (Å²) in [6.07, 6.45) is 1.63. The van der Waals surface area contributed by atoms with Crippen LogP contribution in [-0.4, -0.2) is 40.2 Å². The van der Waals surface area contributed by atoms with Crippen LogP contribution in [0, 0.1) is 17.0 Å². The first-order valence-corrected chi connectivity index (χ1v) is 6.47. The normalized spacial score (nSPS) is 18.1. The Labute approximate surface area is 116 Å². The van der Waals surface area contributed by atoms with Crippen LogP contribution in [0.25, 0.3) is 0 Å². The number of aliphatic hydroxyl groups excluding tert-OH is 1. The fourth-order valence-electron chi connectivity index (χ4n) is 2.44. The number of carbonyl (C=O) groups excluding carboxylic acids is 1. The average molecular weight is 279 g/mol. The Morgan fingerprint density at radius 1 is 1.60 bits per heavy atom. The molecule has 0 unspecified atom stereocenters. The summed E-state index contributed by atoms with van der Waals surface area (Å²) in [5, 5.41) is 22.8. The fourth-order valence-corrected chi connectivity index (χ4v) is 2.44. The molecule has 0 bridgehead atoms. The number of aliphatic hydroxyl groups is 1. The highest BCUT2D eigenvalue weighted by Gasteiger charge is 2.28. The highest BCUT2D eigenvalue weighted by Crippen LogP contribution is 2.26. The molecule has 108 valence electrons. The zero-order valence-corrected chi connectivity index (χ0v) is 11.2. The summed E-state index contributed by atoms with van der Waals surface area (Å²) in [7, 11) is 0. The summed E-state index contributed by atoms with van der Waals surface area (Å²) in [4.78, 5) is 24.1. The van der Waals surface area contributed by atoms with Gasteiger partial charge in [0.05, 0.1) is 28.8 Å². The van der Waals surface area contributed by atoms with Gasteiger partial charge in [-0.15, -0.1) is 0 Å². The van der Waals surface area contributed by atoms with Gasteiger partial charge in [0.15, 0.2) is 0 Å². The van der Waals surface area contributed by atoms with Crippen molar-refractivity contribution in [1.82, 2.24) is 4.90 Å². The van der Waals surface area contributed by atoms with E-state index in [4.69, 9.17) is 0 Å². The molecule has 1 aromatic carbocycles. The van der Waals surface area contributed by atoms with Gasteiger partial charge in [0.25, 0.3) is 5.69 Å². The molecule has 0 aliphatic carbocycles. The number of amides is 2. The Balaban J connectivity index is 2.16. The first-order valence-electron chi connectivity index (χ1n) is 6.47. The van der Waals surface area contributed by atoms with E-state index in [1.165, 1.54) is 12.1 Å². The second-order valence-electron chi connectivity index (χ2n) is 4.81. The number of nitro groups is 1. The second kappa shape index (κ2) is 5.87. The number of likely N-dealkylation sites (tertiary alicyclic amines) is 1. The molecule has 2 N–H and O–H groups in total.